The molecule has 2 aliphatic carbocycles. The number of benzene rings is 4. The van der Waals surface area contributed by atoms with Gasteiger partial charge >= 0.3 is 324 Å². The van der Waals surface area contributed by atoms with Gasteiger partial charge in [-0.25, -0.2) is 0 Å². The molecule has 0 aliphatic heterocycles. The first-order chi connectivity index (χ1) is 23.4. The maximum atomic E-state index is 8.02. The van der Waals surface area contributed by atoms with Crippen molar-refractivity contribution in [2.45, 2.75) is 126 Å². The fraction of sp³-hybridized carbons (Fsp3) is 0.417. The van der Waals surface area contributed by atoms with Crippen LogP contribution >= 0.6 is 17.0 Å². The summed E-state index contributed by atoms with van der Waals surface area (Å²) in [4.78, 5) is 0. The van der Waals surface area contributed by atoms with Crippen molar-refractivity contribution in [2.75, 3.05) is 0 Å². The van der Waals surface area contributed by atoms with Gasteiger partial charge in [0.05, 0.1) is 0 Å². The van der Waals surface area contributed by atoms with Gasteiger partial charge in [-0.1, -0.05) is 0 Å². The van der Waals surface area contributed by atoms with Gasteiger partial charge in [-0.15, -0.1) is 0 Å². The third-order valence-corrected chi connectivity index (χ3v) is 24.0. The molecule has 2 unspecified atom stereocenters. The first-order valence-corrected chi connectivity index (χ1v) is 27.9. The van der Waals surface area contributed by atoms with Crippen molar-refractivity contribution < 1.29 is 17.9 Å². The van der Waals surface area contributed by atoms with Crippen LogP contribution in [0.15, 0.2) is 83.9 Å². The first kappa shape index (κ1) is 38.5. The quantitative estimate of drug-likeness (QED) is 0.193. The summed E-state index contributed by atoms with van der Waals surface area (Å²) >= 11 is -4.08. The van der Waals surface area contributed by atoms with Gasteiger partial charge in [0.25, 0.3) is 0 Å². The summed E-state index contributed by atoms with van der Waals surface area (Å²) in [5, 5.41) is 0. The van der Waals surface area contributed by atoms with E-state index in [4.69, 9.17) is 17.0 Å². The van der Waals surface area contributed by atoms with Crippen molar-refractivity contribution in [2.24, 2.45) is 0 Å². The van der Waals surface area contributed by atoms with E-state index in [0.717, 1.165) is 0 Å². The molecule has 2 aliphatic rings. The molecule has 0 saturated heterocycles. The molecule has 2 atom stereocenters. The molecular formula is C48H58Cl2Zr. The van der Waals surface area contributed by atoms with Crippen molar-refractivity contribution in [1.29, 1.82) is 0 Å². The molecule has 0 aromatic heterocycles. The fourth-order valence-corrected chi connectivity index (χ4v) is 22.4. The molecule has 0 saturated carbocycles. The Morgan fingerprint density at radius 1 is 0.451 bits per heavy atom. The number of allylic oxidation sites excluding steroid dienone is 2. The van der Waals surface area contributed by atoms with Crippen molar-refractivity contribution in [3.05, 3.63) is 128 Å². The van der Waals surface area contributed by atoms with Gasteiger partial charge in [-0.05, 0) is 0 Å². The molecule has 4 aromatic carbocycles. The summed E-state index contributed by atoms with van der Waals surface area (Å²) in [7, 11) is 16.0. The Balaban J connectivity index is 1.46. The Bertz CT molecular complexity index is 1870. The van der Waals surface area contributed by atoms with Crippen LogP contribution < -0.4 is 0 Å². The molecule has 0 nitrogen and oxygen atoms in total. The predicted octanol–water partition coefficient (Wildman–Crippen LogP) is 15.3. The average molecular weight is 797 g/mol. The summed E-state index contributed by atoms with van der Waals surface area (Å²) in [6.07, 6.45) is 4.79. The third kappa shape index (κ3) is 7.23. The van der Waals surface area contributed by atoms with Crippen LogP contribution in [-0.2, 0) is 39.5 Å². The Morgan fingerprint density at radius 3 is 1.02 bits per heavy atom. The van der Waals surface area contributed by atoms with Gasteiger partial charge < -0.3 is 0 Å². The van der Waals surface area contributed by atoms with E-state index in [9.17, 15) is 0 Å². The number of hydrogen-bond acceptors (Lipinski definition) is 0. The molecule has 0 amide bonds. The topological polar surface area (TPSA) is 0 Å². The SMILES string of the molecule is CC1=Cc2c(-c3cc(C(C)(C)C)cc(C(C)(C)C)c3)cccc2[CH]1[Zr]([Cl])([Cl])[CH]1C(C)=Cc2c(-c3cc(C(C)(C)C)cc(C(C)(C)C)c3)cccc21. The Hall–Kier alpha value is -2.18. The molecule has 0 fully saturated rings. The molecule has 268 valence electrons. The molecule has 0 bridgehead atoms. The monoisotopic (exact) mass is 794 g/mol. The maximum absolute atomic E-state index is 8.02. The second kappa shape index (κ2) is 13.0. The number of hydrogen-bond donors (Lipinski definition) is 0. The van der Waals surface area contributed by atoms with Crippen LogP contribution in [0.1, 0.15) is 149 Å². The second-order valence-corrected chi connectivity index (χ2v) is 34.2. The van der Waals surface area contributed by atoms with E-state index in [-0.39, 0.29) is 28.9 Å². The number of rotatable bonds is 4. The molecular weight excluding hydrogens is 739 g/mol. The molecule has 0 spiro atoms. The zero-order valence-corrected chi connectivity index (χ0v) is 37.5. The molecule has 0 N–H and O–H groups in total. The molecule has 0 heterocycles. The van der Waals surface area contributed by atoms with Gasteiger partial charge in [-0.2, -0.15) is 0 Å². The Labute approximate surface area is 321 Å². The van der Waals surface area contributed by atoms with E-state index in [1.54, 1.807) is 0 Å². The van der Waals surface area contributed by atoms with Crippen LogP contribution in [0.5, 0.6) is 0 Å². The molecule has 3 heteroatoms. The van der Waals surface area contributed by atoms with E-state index in [2.05, 4.69) is 182 Å². The van der Waals surface area contributed by atoms with E-state index >= 15 is 0 Å². The minimum absolute atomic E-state index is 0.0428. The van der Waals surface area contributed by atoms with Crippen LogP contribution in [0.25, 0.3) is 34.4 Å². The summed E-state index contributed by atoms with van der Waals surface area (Å²) in [6.45, 7) is 32.2. The summed E-state index contributed by atoms with van der Waals surface area (Å²) in [6, 6.07) is 28.0. The Morgan fingerprint density at radius 2 is 0.745 bits per heavy atom. The van der Waals surface area contributed by atoms with Gasteiger partial charge in [0.1, 0.15) is 0 Å². The van der Waals surface area contributed by atoms with Crippen LogP contribution in [0.3, 0.4) is 0 Å². The predicted molar refractivity (Wildman–Crippen MR) is 223 cm³/mol. The van der Waals surface area contributed by atoms with Gasteiger partial charge in [0.15, 0.2) is 0 Å². The van der Waals surface area contributed by atoms with Crippen molar-refractivity contribution in [1.82, 2.24) is 0 Å². The fourth-order valence-electron chi connectivity index (χ4n) is 8.09. The van der Waals surface area contributed by atoms with E-state index in [0.29, 0.717) is 0 Å². The summed E-state index contributed by atoms with van der Waals surface area (Å²) < 4.78 is 0.121. The van der Waals surface area contributed by atoms with Gasteiger partial charge in [0.2, 0.25) is 0 Å². The van der Waals surface area contributed by atoms with Gasteiger partial charge in [0, 0.05) is 0 Å². The van der Waals surface area contributed by atoms with E-state index in [1.807, 2.05) is 0 Å². The van der Waals surface area contributed by atoms with E-state index in [1.165, 1.54) is 77.9 Å². The summed E-state index contributed by atoms with van der Waals surface area (Å²) in [5.74, 6) is 0. The van der Waals surface area contributed by atoms with Gasteiger partial charge in [-0.3, -0.25) is 0 Å². The van der Waals surface area contributed by atoms with Crippen LogP contribution in [0.4, 0.5) is 0 Å². The molecule has 6 rings (SSSR count). The van der Waals surface area contributed by atoms with Crippen LogP contribution in [0.2, 0.25) is 0 Å². The van der Waals surface area contributed by atoms with Crippen molar-refractivity contribution in [3.63, 3.8) is 0 Å². The normalized spacial score (nSPS) is 18.0. The zero-order valence-electron chi connectivity index (χ0n) is 33.5. The standard InChI is InChI=1S/2C24H29.2ClH.Zr/c2*1-16-11-17-9-8-10-21(22(17)12-16)18-13-19(23(2,3)4)15-20(14-18)24(5,6)7;;;/h2*8-15H,1-7H3;2*1H;/q;;;;+2/p-2. The Kier molecular flexibility index (Phi) is 9.82. The van der Waals surface area contributed by atoms with Crippen molar-refractivity contribution >= 4 is 29.2 Å². The molecule has 4 aromatic rings. The average Bonchev–Trinajstić information content (AvgIpc) is 3.54. The third-order valence-electron chi connectivity index (χ3n) is 11.3. The molecule has 0 radical (unpaired) electrons. The number of halogens is 2. The number of fused-ring (bicyclic) bond motifs is 2. The van der Waals surface area contributed by atoms with Crippen LogP contribution in [-0.4, -0.2) is 0 Å². The zero-order chi connectivity index (χ0) is 37.6. The minimum atomic E-state index is -4.08. The summed E-state index contributed by atoms with van der Waals surface area (Å²) in [5.41, 5.74) is 18.5. The first-order valence-electron chi connectivity index (χ1n) is 18.7. The van der Waals surface area contributed by atoms with Crippen molar-refractivity contribution in [3.8, 4) is 22.3 Å². The van der Waals surface area contributed by atoms with Crippen LogP contribution in [0, 0.1) is 0 Å². The second-order valence-electron chi connectivity index (χ2n) is 19.5. The van der Waals surface area contributed by atoms with E-state index < -0.39 is 17.9 Å². The molecule has 51 heavy (non-hydrogen) atoms.